The Bertz CT molecular complexity index is 781. The van der Waals surface area contributed by atoms with Crippen LogP contribution < -0.4 is 16.4 Å². The van der Waals surface area contributed by atoms with E-state index in [0.29, 0.717) is 18.7 Å². The van der Waals surface area contributed by atoms with Crippen LogP contribution in [0.4, 0.5) is 5.69 Å². The van der Waals surface area contributed by atoms with E-state index in [-0.39, 0.29) is 17.0 Å². The summed E-state index contributed by atoms with van der Waals surface area (Å²) in [7, 11) is 0. The average molecular weight is 354 g/mol. The summed E-state index contributed by atoms with van der Waals surface area (Å²) in [6.07, 6.45) is 2.45. The van der Waals surface area contributed by atoms with Gasteiger partial charge in [-0.25, -0.2) is 0 Å². The van der Waals surface area contributed by atoms with Crippen LogP contribution in [0.3, 0.4) is 0 Å². The van der Waals surface area contributed by atoms with Crippen molar-refractivity contribution in [2.75, 3.05) is 11.9 Å². The van der Waals surface area contributed by atoms with Crippen LogP contribution in [-0.4, -0.2) is 23.3 Å². The highest BCUT2D eigenvalue weighted by Crippen LogP contribution is 2.19. The molecule has 1 heterocycles. The van der Waals surface area contributed by atoms with E-state index in [1.807, 2.05) is 18.2 Å². The van der Waals surface area contributed by atoms with Crippen molar-refractivity contribution in [2.45, 2.75) is 33.7 Å². The SMILES string of the molecule is CC(C)(C)CCNC(=O)c1ccccc1NCc1ccnc(C(N)=O)c1. The monoisotopic (exact) mass is 354 g/mol. The van der Waals surface area contributed by atoms with Gasteiger partial charge in [-0.3, -0.25) is 14.6 Å². The van der Waals surface area contributed by atoms with E-state index in [0.717, 1.165) is 17.7 Å². The van der Waals surface area contributed by atoms with E-state index >= 15 is 0 Å². The van der Waals surface area contributed by atoms with Crippen LogP contribution >= 0.6 is 0 Å². The first-order valence-electron chi connectivity index (χ1n) is 8.62. The van der Waals surface area contributed by atoms with Crippen LogP contribution in [-0.2, 0) is 6.54 Å². The van der Waals surface area contributed by atoms with E-state index in [1.165, 1.54) is 0 Å². The highest BCUT2D eigenvalue weighted by atomic mass is 16.2. The Balaban J connectivity index is 2.03. The third-order valence-corrected chi connectivity index (χ3v) is 3.89. The predicted molar refractivity (Wildman–Crippen MR) is 103 cm³/mol. The molecule has 1 aromatic heterocycles. The lowest BCUT2D eigenvalue weighted by Gasteiger charge is -2.18. The van der Waals surface area contributed by atoms with Gasteiger partial charge in [-0.15, -0.1) is 0 Å². The molecule has 2 aromatic rings. The lowest BCUT2D eigenvalue weighted by molar-refractivity contribution is 0.0949. The molecule has 0 aliphatic heterocycles. The number of nitrogens with zero attached hydrogens (tertiary/aromatic N) is 1. The molecule has 4 N–H and O–H groups in total. The van der Waals surface area contributed by atoms with Crippen LogP contribution in [0.5, 0.6) is 0 Å². The second kappa shape index (κ2) is 8.47. The molecule has 1 aromatic carbocycles. The number of anilines is 1. The molecular weight excluding hydrogens is 328 g/mol. The third-order valence-electron chi connectivity index (χ3n) is 3.89. The molecule has 6 nitrogen and oxygen atoms in total. The minimum atomic E-state index is -0.564. The lowest BCUT2D eigenvalue weighted by atomic mass is 9.92. The number of amides is 2. The fourth-order valence-corrected chi connectivity index (χ4v) is 2.40. The first-order valence-corrected chi connectivity index (χ1v) is 8.62. The number of nitrogens with one attached hydrogen (secondary N) is 2. The number of benzene rings is 1. The van der Waals surface area contributed by atoms with Crippen LogP contribution in [0.15, 0.2) is 42.6 Å². The molecule has 26 heavy (non-hydrogen) atoms. The fourth-order valence-electron chi connectivity index (χ4n) is 2.40. The standard InChI is InChI=1S/C20H26N4O2/c1-20(2,3)9-11-23-19(26)15-6-4-5-7-16(15)24-13-14-8-10-22-17(12-14)18(21)25/h4-8,10,12,24H,9,11,13H2,1-3H3,(H2,21,25)(H,23,26). The Kier molecular flexibility index (Phi) is 6.33. The fraction of sp³-hybridized carbons (Fsp3) is 0.350. The van der Waals surface area contributed by atoms with Crippen molar-refractivity contribution in [2.24, 2.45) is 11.1 Å². The maximum Gasteiger partial charge on any atom is 0.267 e. The number of hydrogen-bond acceptors (Lipinski definition) is 4. The third kappa shape index (κ3) is 5.88. The van der Waals surface area contributed by atoms with Gasteiger partial charge in [0, 0.05) is 25.0 Å². The zero-order valence-corrected chi connectivity index (χ0v) is 15.5. The maximum absolute atomic E-state index is 12.5. The number of carbonyl (C=O) groups excluding carboxylic acids is 2. The maximum atomic E-state index is 12.5. The Hall–Kier alpha value is -2.89. The lowest BCUT2D eigenvalue weighted by Crippen LogP contribution is -2.28. The number of carbonyl (C=O) groups is 2. The summed E-state index contributed by atoms with van der Waals surface area (Å²) in [6, 6.07) is 10.8. The van der Waals surface area contributed by atoms with Gasteiger partial charge >= 0.3 is 0 Å². The number of primary amides is 1. The first-order chi connectivity index (χ1) is 12.3. The topological polar surface area (TPSA) is 97.1 Å². The van der Waals surface area contributed by atoms with Gasteiger partial charge in [0.05, 0.1) is 5.56 Å². The second-order valence-corrected chi connectivity index (χ2v) is 7.38. The van der Waals surface area contributed by atoms with E-state index in [2.05, 4.69) is 36.4 Å². The van der Waals surface area contributed by atoms with Crippen molar-refractivity contribution < 1.29 is 9.59 Å². The van der Waals surface area contributed by atoms with Gasteiger partial charge in [0.25, 0.3) is 11.8 Å². The Morgan fingerprint density at radius 1 is 1.15 bits per heavy atom. The number of para-hydroxylation sites is 1. The Morgan fingerprint density at radius 3 is 2.58 bits per heavy atom. The summed E-state index contributed by atoms with van der Waals surface area (Å²) in [6.45, 7) is 7.51. The number of nitrogens with two attached hydrogens (primary N) is 1. The number of pyridine rings is 1. The molecule has 138 valence electrons. The minimum Gasteiger partial charge on any atom is -0.380 e. The van der Waals surface area contributed by atoms with Gasteiger partial charge in [-0.05, 0) is 41.7 Å². The first kappa shape index (κ1) is 19.4. The quantitative estimate of drug-likeness (QED) is 0.712. The average Bonchev–Trinajstić information content (AvgIpc) is 2.59. The van der Waals surface area contributed by atoms with Crippen molar-refractivity contribution in [3.63, 3.8) is 0 Å². The second-order valence-electron chi connectivity index (χ2n) is 7.38. The van der Waals surface area contributed by atoms with E-state index < -0.39 is 5.91 Å². The zero-order valence-electron chi connectivity index (χ0n) is 15.5. The van der Waals surface area contributed by atoms with Crippen molar-refractivity contribution >= 4 is 17.5 Å². The van der Waals surface area contributed by atoms with E-state index in [1.54, 1.807) is 24.4 Å². The van der Waals surface area contributed by atoms with Gasteiger partial charge in [0.15, 0.2) is 0 Å². The molecule has 0 saturated heterocycles. The van der Waals surface area contributed by atoms with E-state index in [9.17, 15) is 9.59 Å². The molecule has 0 fully saturated rings. The van der Waals surface area contributed by atoms with Crippen molar-refractivity contribution in [1.82, 2.24) is 10.3 Å². The summed E-state index contributed by atoms with van der Waals surface area (Å²) < 4.78 is 0. The molecule has 0 atom stereocenters. The van der Waals surface area contributed by atoms with Crippen LogP contribution in [0, 0.1) is 5.41 Å². The minimum absolute atomic E-state index is 0.107. The largest absolute Gasteiger partial charge is 0.380 e. The predicted octanol–water partition coefficient (Wildman–Crippen LogP) is 2.96. The Labute approximate surface area is 154 Å². The van der Waals surface area contributed by atoms with Gasteiger partial charge in [-0.2, -0.15) is 0 Å². The highest BCUT2D eigenvalue weighted by molar-refractivity contribution is 5.99. The molecule has 0 aliphatic carbocycles. The molecule has 6 heteroatoms. The summed E-state index contributed by atoms with van der Waals surface area (Å²) in [5, 5.41) is 6.21. The summed E-state index contributed by atoms with van der Waals surface area (Å²) in [4.78, 5) is 27.6. The summed E-state index contributed by atoms with van der Waals surface area (Å²) >= 11 is 0. The van der Waals surface area contributed by atoms with Gasteiger partial charge in [-0.1, -0.05) is 32.9 Å². The van der Waals surface area contributed by atoms with Crippen LogP contribution in [0.2, 0.25) is 0 Å². The normalized spacial score (nSPS) is 11.0. The molecule has 0 spiro atoms. The Morgan fingerprint density at radius 2 is 1.88 bits per heavy atom. The van der Waals surface area contributed by atoms with Gasteiger partial charge in [0.1, 0.15) is 5.69 Å². The van der Waals surface area contributed by atoms with E-state index in [4.69, 9.17) is 5.73 Å². The molecule has 2 rings (SSSR count). The molecule has 0 unspecified atom stereocenters. The van der Waals surface area contributed by atoms with Crippen molar-refractivity contribution in [3.8, 4) is 0 Å². The molecule has 0 bridgehead atoms. The smallest absolute Gasteiger partial charge is 0.267 e. The highest BCUT2D eigenvalue weighted by Gasteiger charge is 2.13. The number of hydrogen-bond donors (Lipinski definition) is 3. The van der Waals surface area contributed by atoms with Crippen molar-refractivity contribution in [1.29, 1.82) is 0 Å². The summed E-state index contributed by atoms with van der Waals surface area (Å²) in [5.74, 6) is -0.671. The molecule has 0 aliphatic rings. The van der Waals surface area contributed by atoms with Crippen LogP contribution in [0.1, 0.15) is 53.6 Å². The van der Waals surface area contributed by atoms with Gasteiger partial charge < -0.3 is 16.4 Å². The zero-order chi connectivity index (χ0) is 19.2. The van der Waals surface area contributed by atoms with Crippen LogP contribution in [0.25, 0.3) is 0 Å². The number of aromatic nitrogens is 1. The molecule has 2 amide bonds. The van der Waals surface area contributed by atoms with Gasteiger partial charge in [0.2, 0.25) is 0 Å². The molecular formula is C20H26N4O2. The van der Waals surface area contributed by atoms with Crippen molar-refractivity contribution in [3.05, 3.63) is 59.4 Å². The molecule has 0 saturated carbocycles. The number of rotatable bonds is 7. The molecule has 0 radical (unpaired) electrons. The summed E-state index contributed by atoms with van der Waals surface area (Å²) in [5.41, 5.74) is 7.83.